The number of carbonyl (C=O) groups excluding carboxylic acids is 1. The number of carbonyl (C=O) groups is 1. The van der Waals surface area contributed by atoms with E-state index < -0.39 is 0 Å². The molecule has 2 N–H and O–H groups in total. The highest BCUT2D eigenvalue weighted by Gasteiger charge is 2.25. The molecule has 1 aromatic heterocycles. The minimum absolute atomic E-state index is 0.0282. The maximum absolute atomic E-state index is 12.6. The lowest BCUT2D eigenvalue weighted by molar-refractivity contribution is -0.127. The number of hydrogen-bond acceptors (Lipinski definition) is 8. The zero-order valence-electron chi connectivity index (χ0n) is 22.0. The van der Waals surface area contributed by atoms with E-state index >= 15 is 0 Å². The molecule has 1 saturated heterocycles. The molecule has 1 amide bonds. The number of rotatable bonds is 11. The molecule has 9 heteroatoms. The van der Waals surface area contributed by atoms with Gasteiger partial charge in [-0.3, -0.25) is 14.7 Å². The molecule has 0 saturated carbocycles. The number of likely N-dealkylation sites (N-methyl/N-ethyl adjacent to an activating group) is 1. The predicted molar refractivity (Wildman–Crippen MR) is 145 cm³/mol. The lowest BCUT2D eigenvalue weighted by Gasteiger charge is -2.31. The van der Waals surface area contributed by atoms with Gasteiger partial charge in [-0.1, -0.05) is 19.9 Å². The van der Waals surface area contributed by atoms with E-state index in [0.717, 1.165) is 43.4 Å². The molecular formula is C28H39N5O4. The summed E-state index contributed by atoms with van der Waals surface area (Å²) >= 11 is 0. The van der Waals surface area contributed by atoms with E-state index in [1.165, 1.54) is 6.21 Å². The van der Waals surface area contributed by atoms with E-state index in [1.807, 2.05) is 13.1 Å². The first-order valence-corrected chi connectivity index (χ1v) is 13.0. The molecule has 9 nitrogen and oxygen atoms in total. The van der Waals surface area contributed by atoms with E-state index in [2.05, 4.69) is 38.7 Å². The Bertz CT molecular complexity index is 1030. The van der Waals surface area contributed by atoms with E-state index in [1.54, 1.807) is 24.5 Å². The fourth-order valence-electron chi connectivity index (χ4n) is 4.10. The van der Waals surface area contributed by atoms with Gasteiger partial charge in [-0.05, 0) is 57.5 Å². The van der Waals surface area contributed by atoms with E-state index in [0.29, 0.717) is 56.5 Å². The van der Waals surface area contributed by atoms with E-state index in [9.17, 15) is 9.90 Å². The molecule has 0 bridgehead atoms. The van der Waals surface area contributed by atoms with Crippen LogP contribution in [0.2, 0.25) is 0 Å². The average molecular weight is 510 g/mol. The molecule has 0 aromatic carbocycles. The molecule has 3 heterocycles. The Morgan fingerprint density at radius 3 is 2.81 bits per heavy atom. The molecule has 0 aliphatic carbocycles. The number of aromatic nitrogens is 2. The first-order valence-electron chi connectivity index (χ1n) is 13.0. The molecule has 2 aliphatic heterocycles. The average Bonchev–Trinajstić information content (AvgIpc) is 2.90. The highest BCUT2D eigenvalue weighted by atomic mass is 16.5. The van der Waals surface area contributed by atoms with Crippen molar-refractivity contribution in [2.24, 2.45) is 4.99 Å². The van der Waals surface area contributed by atoms with Crippen LogP contribution in [-0.4, -0.2) is 71.5 Å². The summed E-state index contributed by atoms with van der Waals surface area (Å²) in [5.74, 6) is 1.37. The maximum Gasteiger partial charge on any atom is 0.237 e. The third-order valence-corrected chi connectivity index (χ3v) is 6.17. The Kier molecular flexibility index (Phi) is 11.5. The van der Waals surface area contributed by atoms with Gasteiger partial charge in [-0.15, -0.1) is 0 Å². The number of nitrogens with one attached hydrogen (secondary N) is 1. The van der Waals surface area contributed by atoms with Crippen LogP contribution < -0.4 is 5.32 Å². The Labute approximate surface area is 219 Å². The van der Waals surface area contributed by atoms with Gasteiger partial charge in [0.15, 0.2) is 5.82 Å². The van der Waals surface area contributed by atoms with Crippen molar-refractivity contribution in [3.63, 3.8) is 0 Å². The summed E-state index contributed by atoms with van der Waals surface area (Å²) in [7, 11) is 2.00. The van der Waals surface area contributed by atoms with Crippen LogP contribution in [0.25, 0.3) is 5.57 Å². The summed E-state index contributed by atoms with van der Waals surface area (Å²) in [6.07, 6.45) is 15.2. The number of likely N-dealkylation sites (tertiary alicyclic amines) is 1. The highest BCUT2D eigenvalue weighted by molar-refractivity contribution is 5.81. The standard InChI is InChI=1S/C28H39N5O4/c1-4-15-36-20-27-31-17-22(18-32-27)24-11-9-21(2)30-19-23(34)10-12-26(24)37-16-7-13-29-28(35)25-8-5-6-14-33(25)3/h9-11,17-19,25,34H,2,4-8,12-16,20H2,1,3H3,(H,29,35)/b11-9-,23-10+,26-24-,30-19?. The van der Waals surface area contributed by atoms with Gasteiger partial charge in [-0.25, -0.2) is 9.97 Å². The maximum atomic E-state index is 12.6. The van der Waals surface area contributed by atoms with E-state index in [-0.39, 0.29) is 17.7 Å². The summed E-state index contributed by atoms with van der Waals surface area (Å²) in [5, 5.41) is 13.2. The lowest BCUT2D eigenvalue weighted by Crippen LogP contribution is -2.47. The molecular weight excluding hydrogens is 470 g/mol. The fourth-order valence-corrected chi connectivity index (χ4v) is 4.10. The molecule has 200 valence electrons. The second-order valence-electron chi connectivity index (χ2n) is 9.18. The van der Waals surface area contributed by atoms with Gasteiger partial charge in [0, 0.05) is 43.1 Å². The highest BCUT2D eigenvalue weighted by Crippen LogP contribution is 2.25. The normalized spacial score (nSPS) is 23.2. The van der Waals surface area contributed by atoms with E-state index in [4.69, 9.17) is 9.47 Å². The number of nitrogens with zero attached hydrogens (tertiary/aromatic N) is 4. The van der Waals surface area contributed by atoms with Crippen molar-refractivity contribution in [2.75, 3.05) is 33.4 Å². The zero-order valence-corrected chi connectivity index (χ0v) is 22.0. The third-order valence-electron chi connectivity index (χ3n) is 6.17. The minimum atomic E-state index is -0.0503. The van der Waals surface area contributed by atoms with Gasteiger partial charge >= 0.3 is 0 Å². The van der Waals surface area contributed by atoms with Gasteiger partial charge in [0.1, 0.15) is 18.1 Å². The number of ether oxygens (including phenoxy) is 2. The van der Waals surface area contributed by atoms with Crippen LogP contribution in [0.4, 0.5) is 0 Å². The third kappa shape index (κ3) is 9.26. The second-order valence-corrected chi connectivity index (χ2v) is 9.18. The van der Waals surface area contributed by atoms with Crippen LogP contribution in [0.3, 0.4) is 0 Å². The van der Waals surface area contributed by atoms with Gasteiger partial charge in [-0.2, -0.15) is 0 Å². The summed E-state index contributed by atoms with van der Waals surface area (Å²) in [5.41, 5.74) is 2.03. The van der Waals surface area contributed by atoms with Crippen LogP contribution >= 0.6 is 0 Å². The van der Waals surface area contributed by atoms with Crippen molar-refractivity contribution < 1.29 is 19.4 Å². The summed E-state index contributed by atoms with van der Waals surface area (Å²) in [4.78, 5) is 27.7. The molecule has 1 atom stereocenters. The number of piperidine rings is 1. The molecule has 1 unspecified atom stereocenters. The summed E-state index contributed by atoms with van der Waals surface area (Å²) in [6.45, 7) is 8.86. The summed E-state index contributed by atoms with van der Waals surface area (Å²) in [6, 6.07) is -0.0503. The zero-order chi connectivity index (χ0) is 26.5. The monoisotopic (exact) mass is 509 g/mol. The molecule has 37 heavy (non-hydrogen) atoms. The largest absolute Gasteiger partial charge is 0.507 e. The van der Waals surface area contributed by atoms with Crippen LogP contribution in [-0.2, 0) is 20.9 Å². The molecule has 2 aliphatic rings. The first-order chi connectivity index (χ1) is 18.0. The molecule has 1 aromatic rings. The minimum Gasteiger partial charge on any atom is -0.507 e. The summed E-state index contributed by atoms with van der Waals surface area (Å²) < 4.78 is 11.7. The number of hydrogen-bond donors (Lipinski definition) is 2. The van der Waals surface area contributed by atoms with Crippen molar-refractivity contribution in [3.8, 4) is 0 Å². The van der Waals surface area contributed by atoms with Crippen LogP contribution in [0, 0.1) is 0 Å². The number of allylic oxidation sites excluding steroid dienone is 5. The number of aliphatic imine (C=N–C) groups is 1. The Morgan fingerprint density at radius 1 is 1.24 bits per heavy atom. The molecule has 1 fully saturated rings. The second kappa shape index (κ2) is 15.1. The van der Waals surface area contributed by atoms with Crippen molar-refractivity contribution in [1.82, 2.24) is 20.2 Å². The lowest BCUT2D eigenvalue weighted by atomic mass is 10.0. The van der Waals surface area contributed by atoms with Crippen LogP contribution in [0.15, 0.2) is 59.4 Å². The van der Waals surface area contributed by atoms with Gasteiger partial charge < -0.3 is 19.9 Å². The topological polar surface area (TPSA) is 109 Å². The molecule has 0 spiro atoms. The first kappa shape index (κ1) is 28.3. The van der Waals surface area contributed by atoms with Crippen molar-refractivity contribution in [1.29, 1.82) is 0 Å². The van der Waals surface area contributed by atoms with Crippen molar-refractivity contribution in [2.45, 2.75) is 58.1 Å². The number of amides is 1. The molecule has 0 radical (unpaired) electrons. The van der Waals surface area contributed by atoms with Crippen LogP contribution in [0.1, 0.15) is 56.8 Å². The van der Waals surface area contributed by atoms with Gasteiger partial charge in [0.05, 0.1) is 24.6 Å². The SMILES string of the molecule is C=C1/C=C\C(c2cnc(COCCC)nc2)=C(\OCCCNC(=O)C2CCCCN2C)C/C=C(/O)C=N1. The Balaban J connectivity index is 1.68. The quantitative estimate of drug-likeness (QED) is 0.432. The van der Waals surface area contributed by atoms with Gasteiger partial charge in [0.25, 0.3) is 0 Å². The van der Waals surface area contributed by atoms with Crippen LogP contribution in [0.5, 0.6) is 0 Å². The van der Waals surface area contributed by atoms with Crippen molar-refractivity contribution in [3.05, 3.63) is 65.8 Å². The fraction of sp³-hybridized carbons (Fsp3) is 0.500. The molecule has 3 rings (SSSR count). The predicted octanol–water partition coefficient (Wildman–Crippen LogP) is 4.11. The van der Waals surface area contributed by atoms with Crippen molar-refractivity contribution >= 4 is 17.7 Å². The Morgan fingerprint density at radius 2 is 2.05 bits per heavy atom. The Hall–Kier alpha value is -3.30. The smallest absolute Gasteiger partial charge is 0.237 e. The number of aliphatic hydroxyl groups excluding tert-OH is 1. The van der Waals surface area contributed by atoms with Gasteiger partial charge in [0.2, 0.25) is 5.91 Å². The number of aliphatic hydroxyl groups is 1.